The molecule has 23 heavy (non-hydrogen) atoms. The van der Waals surface area contributed by atoms with Crippen molar-refractivity contribution in [3.05, 3.63) is 58.1 Å². The number of nitrogens with zero attached hydrogens (tertiary/aromatic N) is 3. The first kappa shape index (κ1) is 15.6. The Morgan fingerprint density at radius 1 is 1.17 bits per heavy atom. The van der Waals surface area contributed by atoms with Crippen LogP contribution in [0, 0.1) is 25.2 Å². The number of rotatable bonds is 2. The monoisotopic (exact) mass is 323 g/mol. The van der Waals surface area contributed by atoms with Crippen molar-refractivity contribution in [3.63, 3.8) is 0 Å². The van der Waals surface area contributed by atoms with Crippen LogP contribution >= 0.6 is 11.6 Å². The summed E-state index contributed by atoms with van der Waals surface area (Å²) in [5.74, 6) is 0.998. The summed E-state index contributed by atoms with van der Waals surface area (Å²) >= 11 is 6.12. The van der Waals surface area contributed by atoms with Crippen LogP contribution in [0.1, 0.15) is 29.5 Å². The Kier molecular flexibility index (Phi) is 4.36. The van der Waals surface area contributed by atoms with Crippen molar-refractivity contribution in [1.29, 1.82) is 5.26 Å². The third-order valence-corrected chi connectivity index (χ3v) is 4.39. The number of benzene rings is 2. The van der Waals surface area contributed by atoms with Gasteiger partial charge in [0.1, 0.15) is 11.9 Å². The fourth-order valence-corrected chi connectivity index (χ4v) is 3.09. The molecule has 3 rings (SSSR count). The van der Waals surface area contributed by atoms with Crippen molar-refractivity contribution in [3.8, 4) is 6.07 Å². The minimum atomic E-state index is 0.662. The fourth-order valence-electron chi connectivity index (χ4n) is 2.91. The predicted octanol–water partition coefficient (Wildman–Crippen LogP) is 5.16. The summed E-state index contributed by atoms with van der Waals surface area (Å²) in [7, 11) is 0. The fraction of sp³-hybridized carbons (Fsp3) is 0.263. The predicted molar refractivity (Wildman–Crippen MR) is 95.8 cm³/mol. The number of anilines is 1. The summed E-state index contributed by atoms with van der Waals surface area (Å²) in [5, 5.41) is 10.2. The Balaban J connectivity index is 2.06. The normalized spacial score (nSPS) is 15.9. The molecule has 3 nitrogen and oxygen atoms in total. The van der Waals surface area contributed by atoms with Crippen molar-refractivity contribution in [2.45, 2.75) is 26.7 Å². The first-order valence-electron chi connectivity index (χ1n) is 7.71. The number of nitriles is 1. The third kappa shape index (κ3) is 3.09. The molecule has 1 heterocycles. The van der Waals surface area contributed by atoms with Gasteiger partial charge in [-0.2, -0.15) is 5.26 Å². The van der Waals surface area contributed by atoms with Gasteiger partial charge in [0.25, 0.3) is 0 Å². The van der Waals surface area contributed by atoms with Crippen molar-refractivity contribution in [2.24, 2.45) is 4.99 Å². The molecule has 0 atom stereocenters. The summed E-state index contributed by atoms with van der Waals surface area (Å²) in [5.41, 5.74) is 4.49. The number of aliphatic imine (C=N–C) groups is 1. The molecule has 0 aromatic heterocycles. The molecule has 0 N–H and O–H groups in total. The zero-order valence-electron chi connectivity index (χ0n) is 13.3. The molecule has 2 aromatic rings. The lowest BCUT2D eigenvalue weighted by Crippen LogP contribution is -2.24. The molecule has 116 valence electrons. The van der Waals surface area contributed by atoms with E-state index in [-0.39, 0.29) is 0 Å². The molecular weight excluding hydrogens is 306 g/mol. The van der Waals surface area contributed by atoms with Crippen LogP contribution in [-0.4, -0.2) is 12.4 Å². The van der Waals surface area contributed by atoms with Crippen LogP contribution in [0.15, 0.2) is 41.4 Å². The van der Waals surface area contributed by atoms with E-state index in [1.165, 1.54) is 0 Å². The maximum atomic E-state index is 9.47. The van der Waals surface area contributed by atoms with Crippen LogP contribution < -0.4 is 4.90 Å². The largest absolute Gasteiger partial charge is 0.330 e. The molecule has 0 radical (unpaired) electrons. The minimum absolute atomic E-state index is 0.662. The molecule has 4 heteroatoms. The highest BCUT2D eigenvalue weighted by Crippen LogP contribution is 2.30. The molecule has 1 aliphatic heterocycles. The molecule has 0 bridgehead atoms. The average molecular weight is 324 g/mol. The molecule has 1 saturated heterocycles. The standard InChI is InChI=1S/C19H18ClN3/c1-13-8-9-14(2)19(17(13)12-21)22-18-7-4-10-23(18)16-6-3-5-15(20)11-16/h3,5-6,8-9,11H,4,7,10H2,1-2H3. The van der Waals surface area contributed by atoms with Gasteiger partial charge in [0, 0.05) is 23.7 Å². The molecule has 0 spiro atoms. The minimum Gasteiger partial charge on any atom is -0.330 e. The second kappa shape index (κ2) is 6.44. The molecule has 2 aromatic carbocycles. The Labute approximate surface area is 141 Å². The Bertz CT molecular complexity index is 818. The molecule has 1 fully saturated rings. The van der Waals surface area contributed by atoms with Crippen LogP contribution in [-0.2, 0) is 0 Å². The highest BCUT2D eigenvalue weighted by molar-refractivity contribution is 6.31. The highest BCUT2D eigenvalue weighted by Gasteiger charge is 2.21. The van der Waals surface area contributed by atoms with Crippen molar-refractivity contribution in [2.75, 3.05) is 11.4 Å². The lowest BCUT2D eigenvalue weighted by molar-refractivity contribution is 0.956. The van der Waals surface area contributed by atoms with Gasteiger partial charge in [-0.05, 0) is 49.6 Å². The zero-order valence-corrected chi connectivity index (χ0v) is 14.1. The summed E-state index contributed by atoms with van der Waals surface area (Å²) in [6.45, 7) is 4.87. The van der Waals surface area contributed by atoms with Crippen molar-refractivity contribution in [1.82, 2.24) is 0 Å². The van der Waals surface area contributed by atoms with Crippen LogP contribution in [0.5, 0.6) is 0 Å². The number of aryl methyl sites for hydroxylation is 2. The maximum absolute atomic E-state index is 9.47. The summed E-state index contributed by atoms with van der Waals surface area (Å²) in [6.07, 6.45) is 1.96. The molecular formula is C19H18ClN3. The van der Waals surface area contributed by atoms with E-state index >= 15 is 0 Å². The Hall–Kier alpha value is -2.31. The van der Waals surface area contributed by atoms with E-state index < -0.39 is 0 Å². The van der Waals surface area contributed by atoms with E-state index in [0.717, 1.165) is 52.7 Å². The average Bonchev–Trinajstić information content (AvgIpc) is 2.99. The van der Waals surface area contributed by atoms with Crippen molar-refractivity contribution >= 4 is 28.8 Å². The SMILES string of the molecule is Cc1ccc(C)c(N=C2CCCN2c2cccc(Cl)c2)c1C#N. The first-order valence-corrected chi connectivity index (χ1v) is 8.09. The maximum Gasteiger partial charge on any atom is 0.109 e. The van der Waals surface area contributed by atoms with Gasteiger partial charge in [-0.15, -0.1) is 0 Å². The van der Waals surface area contributed by atoms with E-state index in [0.29, 0.717) is 5.56 Å². The van der Waals surface area contributed by atoms with Crippen molar-refractivity contribution < 1.29 is 0 Å². The second-order valence-corrected chi connectivity index (χ2v) is 6.23. The zero-order chi connectivity index (χ0) is 16.4. The lowest BCUT2D eigenvalue weighted by Gasteiger charge is -2.20. The molecule has 0 saturated carbocycles. The topological polar surface area (TPSA) is 39.4 Å². The van der Waals surface area contributed by atoms with E-state index in [1.807, 2.05) is 50.2 Å². The third-order valence-electron chi connectivity index (χ3n) is 4.15. The number of halogens is 1. The van der Waals surface area contributed by atoms with Gasteiger partial charge >= 0.3 is 0 Å². The van der Waals surface area contributed by atoms with Gasteiger partial charge in [-0.25, -0.2) is 4.99 Å². The Morgan fingerprint density at radius 3 is 2.70 bits per heavy atom. The van der Waals surface area contributed by atoms with Gasteiger partial charge in [0.2, 0.25) is 0 Å². The summed E-state index contributed by atoms with van der Waals surface area (Å²) < 4.78 is 0. The highest BCUT2D eigenvalue weighted by atomic mass is 35.5. The number of hydrogen-bond donors (Lipinski definition) is 0. The summed E-state index contributed by atoms with van der Waals surface area (Å²) in [4.78, 5) is 7.04. The van der Waals surface area contributed by atoms with E-state index in [1.54, 1.807) is 0 Å². The number of hydrogen-bond acceptors (Lipinski definition) is 2. The van der Waals surface area contributed by atoms with Gasteiger partial charge < -0.3 is 4.90 Å². The molecule has 0 aliphatic carbocycles. The van der Waals surface area contributed by atoms with Crippen LogP contribution in [0.25, 0.3) is 0 Å². The van der Waals surface area contributed by atoms with Gasteiger partial charge in [-0.1, -0.05) is 29.8 Å². The molecule has 0 unspecified atom stereocenters. The van der Waals surface area contributed by atoms with Gasteiger partial charge in [0.05, 0.1) is 11.3 Å². The van der Waals surface area contributed by atoms with E-state index in [2.05, 4.69) is 11.0 Å². The number of amidine groups is 1. The van der Waals surface area contributed by atoms with Crippen LogP contribution in [0.2, 0.25) is 5.02 Å². The van der Waals surface area contributed by atoms with Crippen LogP contribution in [0.3, 0.4) is 0 Å². The molecule has 0 amide bonds. The smallest absolute Gasteiger partial charge is 0.109 e. The van der Waals surface area contributed by atoms with Gasteiger partial charge in [0.15, 0.2) is 0 Å². The lowest BCUT2D eigenvalue weighted by atomic mass is 10.0. The van der Waals surface area contributed by atoms with Crippen LogP contribution in [0.4, 0.5) is 11.4 Å². The summed E-state index contributed by atoms with van der Waals surface area (Å²) in [6, 6.07) is 14.1. The quantitative estimate of drug-likeness (QED) is 0.765. The Morgan fingerprint density at radius 2 is 1.96 bits per heavy atom. The van der Waals surface area contributed by atoms with Gasteiger partial charge in [-0.3, -0.25) is 0 Å². The van der Waals surface area contributed by atoms with E-state index in [4.69, 9.17) is 16.6 Å². The first-order chi connectivity index (χ1) is 11.1. The molecule has 1 aliphatic rings. The van der Waals surface area contributed by atoms with E-state index in [9.17, 15) is 5.26 Å². The second-order valence-electron chi connectivity index (χ2n) is 5.80.